The van der Waals surface area contributed by atoms with Gasteiger partial charge in [-0.25, -0.2) is 4.68 Å². The molecule has 0 bridgehead atoms. The molecule has 7 heteroatoms. The molecule has 7 nitrogen and oxygen atoms in total. The maximum absolute atomic E-state index is 12.1. The Bertz CT molecular complexity index is 692. The highest BCUT2D eigenvalue weighted by Gasteiger charge is 2.06. The Kier molecular flexibility index (Phi) is 4.55. The number of nitrogens with zero attached hydrogens (tertiary/aromatic N) is 3. The highest BCUT2D eigenvalue weighted by Crippen LogP contribution is 2.06. The zero-order chi connectivity index (χ0) is 15.2. The first-order valence-corrected chi connectivity index (χ1v) is 6.41. The van der Waals surface area contributed by atoms with Gasteiger partial charge in [0.1, 0.15) is 0 Å². The van der Waals surface area contributed by atoms with Crippen LogP contribution in [0.1, 0.15) is 18.1 Å². The van der Waals surface area contributed by atoms with E-state index in [0.29, 0.717) is 18.7 Å². The lowest BCUT2D eigenvalue weighted by molar-refractivity contribution is 0.318. The second-order valence-corrected chi connectivity index (χ2v) is 4.27. The van der Waals surface area contributed by atoms with Crippen LogP contribution >= 0.6 is 0 Å². The molecule has 0 atom stereocenters. The zero-order valence-electron chi connectivity index (χ0n) is 11.6. The van der Waals surface area contributed by atoms with Crippen molar-refractivity contribution in [3.63, 3.8) is 0 Å². The van der Waals surface area contributed by atoms with E-state index in [2.05, 4.69) is 10.3 Å². The third kappa shape index (κ3) is 3.38. The molecule has 1 aromatic carbocycles. The number of rotatable bonds is 5. The quantitative estimate of drug-likeness (QED) is 0.366. The average Bonchev–Trinajstić information content (AvgIpc) is 2.51. The van der Waals surface area contributed by atoms with Gasteiger partial charge in [0.25, 0.3) is 0 Å². The Morgan fingerprint density at radius 2 is 2.10 bits per heavy atom. The third-order valence-electron chi connectivity index (χ3n) is 2.87. The maximum atomic E-state index is 12.1. The fourth-order valence-corrected chi connectivity index (χ4v) is 1.82. The van der Waals surface area contributed by atoms with Crippen molar-refractivity contribution in [1.82, 2.24) is 9.78 Å². The lowest BCUT2D eigenvalue weighted by Crippen LogP contribution is -2.24. The first-order chi connectivity index (χ1) is 10.2. The van der Waals surface area contributed by atoms with Gasteiger partial charge in [-0.1, -0.05) is 29.4 Å². The number of ether oxygens (including phenoxy) is 1. The topological polar surface area (TPSA) is 103 Å². The normalized spacial score (nSPS) is 11.4. The van der Waals surface area contributed by atoms with E-state index in [1.54, 1.807) is 30.3 Å². The zero-order valence-corrected chi connectivity index (χ0v) is 11.6. The number of hydrogen-bond acceptors (Lipinski definition) is 5. The SMILES string of the molecule is CCOc1ccnn(Cc2ccc(C(N)=NO)cc2)c1=O. The molecule has 0 radical (unpaired) electrons. The number of oxime groups is 1. The summed E-state index contributed by atoms with van der Waals surface area (Å²) >= 11 is 0. The molecular formula is C14H16N4O3. The fraction of sp³-hybridized carbons (Fsp3) is 0.214. The molecule has 0 spiro atoms. The van der Waals surface area contributed by atoms with Crippen molar-refractivity contribution >= 4 is 5.84 Å². The molecule has 1 heterocycles. The van der Waals surface area contributed by atoms with Gasteiger partial charge in [0, 0.05) is 11.6 Å². The minimum Gasteiger partial charge on any atom is -0.488 e. The number of hydrogen-bond donors (Lipinski definition) is 2. The van der Waals surface area contributed by atoms with Crippen LogP contribution in [0.2, 0.25) is 0 Å². The lowest BCUT2D eigenvalue weighted by Gasteiger charge is -2.08. The molecule has 0 aliphatic heterocycles. The summed E-state index contributed by atoms with van der Waals surface area (Å²) in [5, 5.41) is 15.6. The van der Waals surface area contributed by atoms with Crippen LogP contribution in [0, 0.1) is 0 Å². The molecule has 3 N–H and O–H groups in total. The van der Waals surface area contributed by atoms with Crippen LogP contribution in [0.15, 0.2) is 46.5 Å². The predicted octanol–water partition coefficient (Wildman–Crippen LogP) is 0.785. The van der Waals surface area contributed by atoms with E-state index >= 15 is 0 Å². The van der Waals surface area contributed by atoms with Crippen molar-refractivity contribution in [2.75, 3.05) is 6.61 Å². The third-order valence-corrected chi connectivity index (χ3v) is 2.87. The molecule has 110 valence electrons. The van der Waals surface area contributed by atoms with Crippen molar-refractivity contribution in [3.05, 3.63) is 58.0 Å². The standard InChI is InChI=1S/C14H16N4O3/c1-2-21-12-7-8-16-18(14(12)19)9-10-3-5-11(6-4-10)13(15)17-20/h3-8,20H,2,9H2,1H3,(H2,15,17). The molecule has 0 fully saturated rings. The Labute approximate surface area is 121 Å². The maximum Gasteiger partial charge on any atom is 0.309 e. The second kappa shape index (κ2) is 6.56. The van der Waals surface area contributed by atoms with Crippen LogP contribution in [0.25, 0.3) is 0 Å². The van der Waals surface area contributed by atoms with Gasteiger partial charge in [-0.15, -0.1) is 0 Å². The van der Waals surface area contributed by atoms with Crippen LogP contribution in [-0.2, 0) is 6.54 Å². The van der Waals surface area contributed by atoms with E-state index in [1.165, 1.54) is 10.9 Å². The van der Waals surface area contributed by atoms with Crippen LogP contribution in [0.4, 0.5) is 0 Å². The van der Waals surface area contributed by atoms with Crippen LogP contribution in [0.3, 0.4) is 0 Å². The number of amidine groups is 1. The molecule has 0 aliphatic rings. The van der Waals surface area contributed by atoms with Gasteiger partial charge in [0.15, 0.2) is 11.6 Å². The number of nitrogens with two attached hydrogens (primary N) is 1. The predicted molar refractivity (Wildman–Crippen MR) is 77.7 cm³/mol. The monoisotopic (exact) mass is 288 g/mol. The van der Waals surface area contributed by atoms with Gasteiger partial charge in [-0.05, 0) is 12.5 Å². The molecule has 1 aromatic heterocycles. The summed E-state index contributed by atoms with van der Waals surface area (Å²) < 4.78 is 6.57. The van der Waals surface area contributed by atoms with Gasteiger partial charge >= 0.3 is 5.56 Å². The molecule has 0 saturated carbocycles. The molecule has 0 saturated heterocycles. The highest BCUT2D eigenvalue weighted by molar-refractivity contribution is 5.96. The minimum atomic E-state index is -0.278. The molecule has 2 rings (SSSR count). The first-order valence-electron chi connectivity index (χ1n) is 6.41. The van der Waals surface area contributed by atoms with E-state index in [-0.39, 0.29) is 17.1 Å². The first kappa shape index (κ1) is 14.6. The van der Waals surface area contributed by atoms with Gasteiger partial charge in [-0.3, -0.25) is 4.79 Å². The van der Waals surface area contributed by atoms with E-state index in [9.17, 15) is 4.79 Å². The van der Waals surface area contributed by atoms with Crippen LogP contribution in [0.5, 0.6) is 5.75 Å². The van der Waals surface area contributed by atoms with Crippen LogP contribution < -0.4 is 16.0 Å². The average molecular weight is 288 g/mol. The summed E-state index contributed by atoms with van der Waals surface area (Å²) in [6, 6.07) is 8.54. The van der Waals surface area contributed by atoms with Gasteiger partial charge < -0.3 is 15.7 Å². The molecule has 0 unspecified atom stereocenters. The summed E-state index contributed by atoms with van der Waals surface area (Å²) in [7, 11) is 0. The minimum absolute atomic E-state index is 0.0372. The molecule has 2 aromatic rings. The summed E-state index contributed by atoms with van der Waals surface area (Å²) in [6.45, 7) is 2.56. The Balaban J connectivity index is 2.22. The van der Waals surface area contributed by atoms with E-state index in [1.807, 2.05) is 6.92 Å². The summed E-state index contributed by atoms with van der Waals surface area (Å²) in [4.78, 5) is 12.1. The van der Waals surface area contributed by atoms with Crippen molar-refractivity contribution in [2.24, 2.45) is 10.9 Å². The summed E-state index contributed by atoms with van der Waals surface area (Å²) in [6.07, 6.45) is 1.52. The Morgan fingerprint density at radius 1 is 1.38 bits per heavy atom. The van der Waals surface area contributed by atoms with Crippen LogP contribution in [-0.4, -0.2) is 27.4 Å². The Morgan fingerprint density at radius 3 is 2.71 bits per heavy atom. The lowest BCUT2D eigenvalue weighted by atomic mass is 10.1. The van der Waals surface area contributed by atoms with E-state index < -0.39 is 0 Å². The van der Waals surface area contributed by atoms with Gasteiger partial charge in [0.2, 0.25) is 0 Å². The highest BCUT2D eigenvalue weighted by atomic mass is 16.5. The summed E-state index contributed by atoms with van der Waals surface area (Å²) in [5.74, 6) is 0.316. The van der Waals surface area contributed by atoms with Crippen molar-refractivity contribution in [1.29, 1.82) is 0 Å². The van der Waals surface area contributed by atoms with E-state index in [0.717, 1.165) is 5.56 Å². The van der Waals surface area contributed by atoms with Crippen molar-refractivity contribution in [3.8, 4) is 5.75 Å². The van der Waals surface area contributed by atoms with Crippen molar-refractivity contribution < 1.29 is 9.94 Å². The largest absolute Gasteiger partial charge is 0.488 e. The van der Waals surface area contributed by atoms with E-state index in [4.69, 9.17) is 15.7 Å². The summed E-state index contributed by atoms with van der Waals surface area (Å²) in [5.41, 5.74) is 6.68. The fourth-order valence-electron chi connectivity index (χ4n) is 1.82. The second-order valence-electron chi connectivity index (χ2n) is 4.27. The van der Waals surface area contributed by atoms with Crippen molar-refractivity contribution in [2.45, 2.75) is 13.5 Å². The smallest absolute Gasteiger partial charge is 0.309 e. The molecule has 0 amide bonds. The molecule has 21 heavy (non-hydrogen) atoms. The van der Waals surface area contributed by atoms with Gasteiger partial charge in [0.05, 0.1) is 19.3 Å². The Hall–Kier alpha value is -2.83. The number of benzene rings is 1. The van der Waals surface area contributed by atoms with Gasteiger partial charge in [-0.2, -0.15) is 5.10 Å². The molecular weight excluding hydrogens is 272 g/mol. The molecule has 0 aliphatic carbocycles. The number of aromatic nitrogens is 2.